The summed E-state index contributed by atoms with van der Waals surface area (Å²) in [7, 11) is -3.67. The van der Waals surface area contributed by atoms with Gasteiger partial charge < -0.3 is 9.32 Å². The molecule has 1 aliphatic heterocycles. The number of aryl methyl sites for hydroxylation is 1. The van der Waals surface area contributed by atoms with Crippen molar-refractivity contribution in [1.82, 2.24) is 4.72 Å². The minimum atomic E-state index is -3.67. The van der Waals surface area contributed by atoms with E-state index in [9.17, 15) is 13.2 Å². The van der Waals surface area contributed by atoms with Crippen molar-refractivity contribution in [1.29, 1.82) is 0 Å². The summed E-state index contributed by atoms with van der Waals surface area (Å²) >= 11 is 0. The van der Waals surface area contributed by atoms with E-state index in [1.54, 1.807) is 36.1 Å². The van der Waals surface area contributed by atoms with Crippen LogP contribution in [-0.4, -0.2) is 20.9 Å². The molecular weight excluding hydrogens is 328 g/mol. The first kappa shape index (κ1) is 16.7. The molecule has 3 rings (SSSR count). The van der Waals surface area contributed by atoms with E-state index in [4.69, 9.17) is 4.42 Å². The molecule has 1 amide bonds. The van der Waals surface area contributed by atoms with Gasteiger partial charge in [-0.05, 0) is 56.2 Å². The molecule has 0 unspecified atom stereocenters. The highest BCUT2D eigenvalue weighted by molar-refractivity contribution is 7.89. The third-order valence-corrected chi connectivity index (χ3v) is 5.70. The van der Waals surface area contributed by atoms with Gasteiger partial charge in [0.25, 0.3) is 0 Å². The highest BCUT2D eigenvalue weighted by Crippen LogP contribution is 2.30. The number of sulfonamides is 1. The van der Waals surface area contributed by atoms with Crippen molar-refractivity contribution in [2.45, 2.75) is 38.1 Å². The Morgan fingerprint density at radius 2 is 2.04 bits per heavy atom. The summed E-state index contributed by atoms with van der Waals surface area (Å²) in [5, 5.41) is 0. The van der Waals surface area contributed by atoms with E-state index >= 15 is 0 Å². The summed E-state index contributed by atoms with van der Waals surface area (Å²) in [4.78, 5) is 13.4. The Morgan fingerprint density at radius 3 is 2.67 bits per heavy atom. The van der Waals surface area contributed by atoms with Crippen LogP contribution in [0, 0.1) is 6.92 Å². The summed E-state index contributed by atoms with van der Waals surface area (Å²) in [6.07, 6.45) is 0.658. The zero-order valence-electron chi connectivity index (χ0n) is 13.9. The smallest absolute Gasteiger partial charge is 0.241 e. The van der Waals surface area contributed by atoms with Crippen LogP contribution >= 0.6 is 0 Å². The normalized spacial score (nSPS) is 15.4. The molecule has 2 aromatic rings. The van der Waals surface area contributed by atoms with Crippen molar-refractivity contribution >= 4 is 21.6 Å². The van der Waals surface area contributed by atoms with Crippen LogP contribution in [0.15, 0.2) is 39.6 Å². The predicted octanol–water partition coefficient (Wildman–Crippen LogP) is 2.54. The molecule has 24 heavy (non-hydrogen) atoms. The first-order valence-corrected chi connectivity index (χ1v) is 9.26. The van der Waals surface area contributed by atoms with Gasteiger partial charge in [0.1, 0.15) is 11.5 Å². The fraction of sp³-hybridized carbons (Fsp3) is 0.353. The molecule has 2 heterocycles. The lowest BCUT2D eigenvalue weighted by Crippen LogP contribution is -2.27. The minimum Gasteiger partial charge on any atom is -0.465 e. The van der Waals surface area contributed by atoms with Crippen LogP contribution < -0.4 is 9.62 Å². The lowest BCUT2D eigenvalue weighted by molar-refractivity contribution is -0.116. The quantitative estimate of drug-likeness (QED) is 0.921. The maximum absolute atomic E-state index is 12.6. The highest BCUT2D eigenvalue weighted by atomic mass is 32.2. The van der Waals surface area contributed by atoms with E-state index in [2.05, 4.69) is 4.72 Å². The van der Waals surface area contributed by atoms with Crippen LogP contribution in [0.25, 0.3) is 0 Å². The number of nitrogens with zero attached hydrogens (tertiary/aromatic N) is 1. The monoisotopic (exact) mass is 348 g/mol. The molecular formula is C17H20N2O4S. The zero-order valence-corrected chi connectivity index (χ0v) is 14.7. The molecule has 1 aliphatic rings. The number of anilines is 1. The molecule has 0 saturated heterocycles. The Labute approximate surface area is 141 Å². The largest absolute Gasteiger partial charge is 0.465 e. The maximum atomic E-state index is 12.6. The number of fused-ring (bicyclic) bond motifs is 1. The van der Waals surface area contributed by atoms with Gasteiger partial charge in [0.05, 0.1) is 10.9 Å². The summed E-state index contributed by atoms with van der Waals surface area (Å²) in [6, 6.07) is 7.95. The van der Waals surface area contributed by atoms with Crippen LogP contribution in [0.5, 0.6) is 0 Å². The fourth-order valence-corrected chi connectivity index (χ4v) is 4.18. The van der Waals surface area contributed by atoms with Crippen LogP contribution in [0.2, 0.25) is 0 Å². The number of amides is 1. The second kappa shape index (κ2) is 6.07. The highest BCUT2D eigenvalue weighted by Gasteiger charge is 2.26. The molecule has 0 spiro atoms. The first-order chi connectivity index (χ1) is 11.3. The van der Waals surface area contributed by atoms with Gasteiger partial charge in [-0.1, -0.05) is 0 Å². The van der Waals surface area contributed by atoms with Gasteiger partial charge in [-0.2, -0.15) is 0 Å². The van der Waals surface area contributed by atoms with Gasteiger partial charge in [0.2, 0.25) is 15.9 Å². The van der Waals surface area contributed by atoms with Crippen molar-refractivity contribution in [3.63, 3.8) is 0 Å². The number of hydrogen-bond acceptors (Lipinski definition) is 4. The lowest BCUT2D eigenvalue weighted by Gasteiger charge is -2.16. The molecule has 0 radical (unpaired) electrons. The Hall–Kier alpha value is -2.12. The van der Waals surface area contributed by atoms with Gasteiger partial charge in [-0.25, -0.2) is 13.1 Å². The summed E-state index contributed by atoms with van der Waals surface area (Å²) < 4.78 is 33.3. The molecule has 0 saturated carbocycles. The number of rotatable bonds is 4. The van der Waals surface area contributed by atoms with Gasteiger partial charge in [-0.15, -0.1) is 0 Å². The third kappa shape index (κ3) is 3.09. The molecule has 1 N–H and O–H groups in total. The summed E-state index contributed by atoms with van der Waals surface area (Å²) in [5.41, 5.74) is 1.66. The molecule has 1 atom stereocenters. The van der Waals surface area contributed by atoms with Crippen molar-refractivity contribution in [3.05, 3.63) is 47.4 Å². The SMILES string of the molecule is CC(=O)N1CCc2cc(S(=O)(=O)N[C@H](C)c3ccc(C)o3)ccc21. The first-order valence-electron chi connectivity index (χ1n) is 7.77. The molecule has 6 nitrogen and oxygen atoms in total. The lowest BCUT2D eigenvalue weighted by atomic mass is 10.2. The molecule has 0 aliphatic carbocycles. The van der Waals surface area contributed by atoms with Crippen molar-refractivity contribution < 1.29 is 17.6 Å². The second-order valence-corrected chi connectivity index (χ2v) is 7.72. The Bertz CT molecular complexity index is 886. The Balaban J connectivity index is 1.84. The van der Waals surface area contributed by atoms with E-state index in [0.717, 1.165) is 17.0 Å². The number of carbonyl (C=O) groups excluding carboxylic acids is 1. The molecule has 1 aromatic heterocycles. The minimum absolute atomic E-state index is 0.0377. The summed E-state index contributed by atoms with van der Waals surface area (Å²) in [5.74, 6) is 1.27. The van der Waals surface area contributed by atoms with E-state index in [1.165, 1.54) is 13.0 Å². The maximum Gasteiger partial charge on any atom is 0.241 e. The van der Waals surface area contributed by atoms with E-state index < -0.39 is 16.1 Å². The van der Waals surface area contributed by atoms with Crippen LogP contribution in [0.4, 0.5) is 5.69 Å². The van der Waals surface area contributed by atoms with Gasteiger partial charge in [0.15, 0.2) is 0 Å². The number of carbonyl (C=O) groups is 1. The van der Waals surface area contributed by atoms with Crippen LogP contribution in [-0.2, 0) is 21.2 Å². The van der Waals surface area contributed by atoms with Crippen molar-refractivity contribution in [3.8, 4) is 0 Å². The Morgan fingerprint density at radius 1 is 1.29 bits per heavy atom. The average Bonchev–Trinajstić information content (AvgIpc) is 3.12. The fourth-order valence-electron chi connectivity index (χ4n) is 2.92. The van der Waals surface area contributed by atoms with Gasteiger partial charge >= 0.3 is 0 Å². The number of furan rings is 1. The molecule has 128 valence electrons. The van der Waals surface area contributed by atoms with Crippen molar-refractivity contribution in [2.24, 2.45) is 0 Å². The molecule has 7 heteroatoms. The summed E-state index contributed by atoms with van der Waals surface area (Å²) in [6.45, 7) is 5.64. The van der Waals surface area contributed by atoms with E-state index in [0.29, 0.717) is 18.7 Å². The second-order valence-electron chi connectivity index (χ2n) is 6.00. The number of benzene rings is 1. The topological polar surface area (TPSA) is 79.6 Å². The standard InChI is InChI=1S/C17H20N2O4S/c1-11-4-7-17(23-11)12(2)18-24(21,22)15-5-6-16-14(10-15)8-9-19(16)13(3)20/h4-7,10,12,18H,8-9H2,1-3H3/t12-/m1/s1. The van der Waals surface area contributed by atoms with Gasteiger partial charge in [-0.3, -0.25) is 4.79 Å². The zero-order chi connectivity index (χ0) is 17.5. The molecule has 0 fully saturated rings. The molecule has 0 bridgehead atoms. The average molecular weight is 348 g/mol. The van der Waals surface area contributed by atoms with Gasteiger partial charge in [0, 0.05) is 19.2 Å². The third-order valence-electron chi connectivity index (χ3n) is 4.16. The van der Waals surface area contributed by atoms with E-state index in [1.807, 2.05) is 6.92 Å². The Kier molecular flexibility index (Phi) is 4.23. The van der Waals surface area contributed by atoms with Crippen LogP contribution in [0.3, 0.4) is 0 Å². The van der Waals surface area contributed by atoms with Crippen LogP contribution in [0.1, 0.15) is 37.0 Å². The molecule has 1 aromatic carbocycles. The number of nitrogens with one attached hydrogen (secondary N) is 1. The van der Waals surface area contributed by atoms with E-state index in [-0.39, 0.29) is 10.8 Å². The predicted molar refractivity (Wildman–Crippen MR) is 90.4 cm³/mol. The number of hydrogen-bond donors (Lipinski definition) is 1. The van der Waals surface area contributed by atoms with Crippen molar-refractivity contribution in [2.75, 3.05) is 11.4 Å².